The number of carbonyl (C=O) groups is 1. The van der Waals surface area contributed by atoms with Gasteiger partial charge in [-0.3, -0.25) is 4.79 Å². The second-order valence-electron chi connectivity index (χ2n) is 5.80. The molecule has 0 saturated heterocycles. The topological polar surface area (TPSA) is 83.6 Å². The molecule has 2 aromatic rings. The van der Waals surface area contributed by atoms with Crippen LogP contribution in [-0.4, -0.2) is 25.9 Å². The first-order valence-corrected chi connectivity index (χ1v) is 8.91. The smallest absolute Gasteiger partial charge is 0.237 e. The first-order chi connectivity index (χ1) is 11.6. The Bertz CT molecular complexity index is 773. The van der Waals surface area contributed by atoms with Gasteiger partial charge in [-0.2, -0.15) is 5.26 Å². The van der Waals surface area contributed by atoms with Crippen LogP contribution >= 0.6 is 11.8 Å². The molecule has 1 N–H and O–H groups in total. The van der Waals surface area contributed by atoms with Crippen molar-refractivity contribution in [1.29, 1.82) is 5.26 Å². The number of amides is 1. The predicted molar refractivity (Wildman–Crippen MR) is 92.8 cm³/mol. The van der Waals surface area contributed by atoms with Crippen LogP contribution in [0.3, 0.4) is 0 Å². The van der Waals surface area contributed by atoms with E-state index < -0.39 is 0 Å². The van der Waals surface area contributed by atoms with Crippen molar-refractivity contribution >= 4 is 23.4 Å². The Morgan fingerprint density at radius 1 is 1.42 bits per heavy atom. The molecule has 24 heavy (non-hydrogen) atoms. The Balaban J connectivity index is 1.64. The number of nitrogens with one attached hydrogen (secondary N) is 1. The minimum atomic E-state index is -0.290. The molecule has 1 aromatic heterocycles. The van der Waals surface area contributed by atoms with E-state index in [4.69, 9.17) is 5.26 Å². The highest BCUT2D eigenvalue weighted by molar-refractivity contribution is 8.00. The van der Waals surface area contributed by atoms with E-state index in [0.717, 1.165) is 17.5 Å². The van der Waals surface area contributed by atoms with Crippen molar-refractivity contribution < 1.29 is 4.79 Å². The zero-order valence-electron chi connectivity index (χ0n) is 13.7. The van der Waals surface area contributed by atoms with Gasteiger partial charge in [0.05, 0.1) is 16.9 Å². The second kappa shape index (κ2) is 7.05. The van der Waals surface area contributed by atoms with Crippen molar-refractivity contribution in [3.05, 3.63) is 35.7 Å². The number of anilines is 1. The van der Waals surface area contributed by atoms with Crippen LogP contribution in [0, 0.1) is 11.3 Å². The number of nitrogens with zero attached hydrogens (tertiary/aromatic N) is 4. The number of thioether (sulfide) groups is 1. The zero-order chi connectivity index (χ0) is 17.1. The fraction of sp³-hybridized carbons (Fsp3) is 0.412. The highest BCUT2D eigenvalue weighted by Gasteiger charge is 2.30. The van der Waals surface area contributed by atoms with Gasteiger partial charge < -0.3 is 9.88 Å². The van der Waals surface area contributed by atoms with Gasteiger partial charge in [-0.15, -0.1) is 10.2 Å². The van der Waals surface area contributed by atoms with E-state index in [2.05, 4.69) is 33.1 Å². The minimum absolute atomic E-state index is 0.0941. The lowest BCUT2D eigenvalue weighted by molar-refractivity contribution is -0.115. The largest absolute Gasteiger partial charge is 0.325 e. The minimum Gasteiger partial charge on any atom is -0.325 e. The van der Waals surface area contributed by atoms with Gasteiger partial charge >= 0.3 is 0 Å². The van der Waals surface area contributed by atoms with E-state index in [1.807, 2.05) is 6.92 Å². The van der Waals surface area contributed by atoms with E-state index in [9.17, 15) is 4.79 Å². The second-order valence-corrected chi connectivity index (χ2v) is 7.11. The average molecular weight is 341 g/mol. The van der Waals surface area contributed by atoms with Crippen LogP contribution in [0.15, 0.2) is 29.4 Å². The van der Waals surface area contributed by atoms with E-state index >= 15 is 0 Å². The number of carbonyl (C=O) groups excluding carboxylic acids is 1. The van der Waals surface area contributed by atoms with Crippen LogP contribution in [0.4, 0.5) is 5.69 Å². The molecule has 3 rings (SSSR count). The van der Waals surface area contributed by atoms with E-state index in [1.165, 1.54) is 24.6 Å². The third kappa shape index (κ3) is 3.60. The summed E-state index contributed by atoms with van der Waals surface area (Å²) < 4.78 is 2.10. The van der Waals surface area contributed by atoms with Crippen molar-refractivity contribution in [3.63, 3.8) is 0 Å². The summed E-state index contributed by atoms with van der Waals surface area (Å²) in [6.07, 6.45) is 2.36. The first-order valence-electron chi connectivity index (χ1n) is 8.03. The Labute approximate surface area is 145 Å². The van der Waals surface area contributed by atoms with E-state index in [0.29, 0.717) is 17.2 Å². The summed E-state index contributed by atoms with van der Waals surface area (Å²) in [5.41, 5.74) is 1.25. The Morgan fingerprint density at radius 3 is 2.71 bits per heavy atom. The number of rotatable bonds is 6. The maximum atomic E-state index is 12.4. The van der Waals surface area contributed by atoms with Crippen molar-refractivity contribution in [2.45, 2.75) is 49.6 Å². The van der Waals surface area contributed by atoms with Gasteiger partial charge in [-0.1, -0.05) is 11.8 Å². The first kappa shape index (κ1) is 16.5. The highest BCUT2D eigenvalue weighted by Crippen LogP contribution is 2.40. The van der Waals surface area contributed by atoms with Crippen LogP contribution in [0.25, 0.3) is 0 Å². The van der Waals surface area contributed by atoms with Crippen LogP contribution in [0.2, 0.25) is 0 Å². The fourth-order valence-electron chi connectivity index (χ4n) is 2.41. The summed E-state index contributed by atoms with van der Waals surface area (Å²) in [6.45, 7) is 4.74. The van der Waals surface area contributed by atoms with Gasteiger partial charge in [-0.25, -0.2) is 0 Å². The summed E-state index contributed by atoms with van der Waals surface area (Å²) >= 11 is 1.42. The summed E-state index contributed by atoms with van der Waals surface area (Å²) in [7, 11) is 0. The van der Waals surface area contributed by atoms with Crippen molar-refractivity contribution in [3.8, 4) is 6.07 Å². The number of hydrogen-bond acceptors (Lipinski definition) is 5. The SMILES string of the molecule is CCn1c(S[C@H](C)C(=O)Nc2ccc(C#N)cc2)nnc1C1CC1. The molecule has 1 heterocycles. The molecule has 124 valence electrons. The highest BCUT2D eigenvalue weighted by atomic mass is 32.2. The molecule has 1 aromatic carbocycles. The van der Waals surface area contributed by atoms with Gasteiger partial charge in [0.1, 0.15) is 5.82 Å². The molecule has 1 aliphatic carbocycles. The quantitative estimate of drug-likeness (QED) is 0.816. The van der Waals surface area contributed by atoms with Crippen LogP contribution < -0.4 is 5.32 Å². The lowest BCUT2D eigenvalue weighted by Crippen LogP contribution is -2.23. The lowest BCUT2D eigenvalue weighted by atomic mass is 10.2. The number of aromatic nitrogens is 3. The standard InChI is InChI=1S/C17H19N5OS/c1-3-22-15(13-6-7-13)20-21-17(22)24-11(2)16(23)19-14-8-4-12(10-18)5-9-14/h4-5,8-9,11,13H,3,6-7H2,1-2H3,(H,19,23)/t11-/m1/s1. The third-order valence-electron chi connectivity index (χ3n) is 3.94. The Morgan fingerprint density at radius 2 is 2.12 bits per heavy atom. The normalized spacial score (nSPS) is 14.9. The predicted octanol–water partition coefficient (Wildman–Crippen LogP) is 3.17. The summed E-state index contributed by atoms with van der Waals surface area (Å²) in [6, 6.07) is 8.88. The molecule has 1 fully saturated rings. The van der Waals surface area contributed by atoms with Crippen molar-refractivity contribution in [2.24, 2.45) is 0 Å². The van der Waals surface area contributed by atoms with E-state index in [-0.39, 0.29) is 11.2 Å². The van der Waals surface area contributed by atoms with Gasteiger partial charge in [0.15, 0.2) is 5.16 Å². The molecule has 0 unspecified atom stereocenters. The van der Waals surface area contributed by atoms with E-state index in [1.54, 1.807) is 24.3 Å². The average Bonchev–Trinajstić information content (AvgIpc) is 3.36. The molecule has 7 heteroatoms. The molecule has 0 radical (unpaired) electrons. The fourth-order valence-corrected chi connectivity index (χ4v) is 3.33. The summed E-state index contributed by atoms with van der Waals surface area (Å²) in [5.74, 6) is 1.48. The molecule has 1 aliphatic rings. The van der Waals surface area contributed by atoms with Gasteiger partial charge in [0.25, 0.3) is 0 Å². The van der Waals surface area contributed by atoms with Crippen LogP contribution in [0.1, 0.15) is 44.0 Å². The molecule has 6 nitrogen and oxygen atoms in total. The number of benzene rings is 1. The zero-order valence-corrected chi connectivity index (χ0v) is 14.5. The van der Waals surface area contributed by atoms with Gasteiger partial charge in [0.2, 0.25) is 5.91 Å². The summed E-state index contributed by atoms with van der Waals surface area (Å²) in [5, 5.41) is 20.7. The van der Waals surface area contributed by atoms with Gasteiger partial charge in [0, 0.05) is 18.2 Å². The maximum Gasteiger partial charge on any atom is 0.237 e. The molecule has 1 atom stereocenters. The molecular formula is C17H19N5OS. The molecule has 0 bridgehead atoms. The van der Waals surface area contributed by atoms with Crippen LogP contribution in [0.5, 0.6) is 0 Å². The monoisotopic (exact) mass is 341 g/mol. The molecule has 1 saturated carbocycles. The summed E-state index contributed by atoms with van der Waals surface area (Å²) in [4.78, 5) is 12.4. The molecule has 1 amide bonds. The Kier molecular flexibility index (Phi) is 4.86. The Hall–Kier alpha value is -2.33. The number of hydrogen-bond donors (Lipinski definition) is 1. The number of nitriles is 1. The molecule has 0 spiro atoms. The van der Waals surface area contributed by atoms with Gasteiger partial charge in [-0.05, 0) is 51.0 Å². The third-order valence-corrected chi connectivity index (χ3v) is 5.02. The van der Waals surface area contributed by atoms with Crippen molar-refractivity contribution in [1.82, 2.24) is 14.8 Å². The molecule has 0 aliphatic heterocycles. The van der Waals surface area contributed by atoms with Crippen LogP contribution in [-0.2, 0) is 11.3 Å². The van der Waals surface area contributed by atoms with Crippen molar-refractivity contribution in [2.75, 3.05) is 5.32 Å². The lowest BCUT2D eigenvalue weighted by Gasteiger charge is -2.12. The molecular weight excluding hydrogens is 322 g/mol. The maximum absolute atomic E-state index is 12.4.